The van der Waals surface area contributed by atoms with Gasteiger partial charge in [-0.1, -0.05) is 48.5 Å². The van der Waals surface area contributed by atoms with Crippen LogP contribution in [0.5, 0.6) is 0 Å². The molecule has 6 rings (SSSR count). The molecule has 0 aromatic carbocycles. The van der Waals surface area contributed by atoms with E-state index in [9.17, 15) is 5.11 Å². The summed E-state index contributed by atoms with van der Waals surface area (Å²) in [5.74, 6) is 3.11. The van der Waals surface area contributed by atoms with Crippen molar-refractivity contribution in [2.75, 3.05) is 6.61 Å². The molecule has 2 nitrogen and oxygen atoms in total. The Labute approximate surface area is 197 Å². The smallest absolute Gasteiger partial charge is 0.0663 e. The Morgan fingerprint density at radius 2 is 1.41 bits per heavy atom. The van der Waals surface area contributed by atoms with Crippen molar-refractivity contribution < 1.29 is 9.84 Å². The lowest BCUT2D eigenvalue weighted by Crippen LogP contribution is -2.67. The number of hydrogen-bond acceptors (Lipinski definition) is 2. The summed E-state index contributed by atoms with van der Waals surface area (Å²) in [6.45, 7) is 18.9. The summed E-state index contributed by atoms with van der Waals surface area (Å²) in [6, 6.07) is 0. The monoisotopic (exact) mass is 442 g/mol. The van der Waals surface area contributed by atoms with Crippen LogP contribution in [0.25, 0.3) is 0 Å². The molecule has 5 aliphatic carbocycles. The van der Waals surface area contributed by atoms with Gasteiger partial charge in [-0.2, -0.15) is 0 Å². The Hall–Kier alpha value is -0.0800. The second kappa shape index (κ2) is 6.37. The third-order valence-electron chi connectivity index (χ3n) is 14.1. The van der Waals surface area contributed by atoms with Gasteiger partial charge >= 0.3 is 0 Å². The molecule has 32 heavy (non-hydrogen) atoms. The van der Waals surface area contributed by atoms with Crippen molar-refractivity contribution in [1.29, 1.82) is 0 Å². The van der Waals surface area contributed by atoms with E-state index in [1.165, 1.54) is 57.8 Å². The summed E-state index contributed by atoms with van der Waals surface area (Å²) >= 11 is 0. The Morgan fingerprint density at radius 3 is 2.16 bits per heavy atom. The average molecular weight is 443 g/mol. The maximum absolute atomic E-state index is 10.9. The number of aliphatic hydroxyl groups excluding tert-OH is 1. The minimum Gasteiger partial charge on any atom is -0.393 e. The first kappa shape index (κ1) is 22.4. The number of fused-ring (bicyclic) bond motifs is 5. The van der Waals surface area contributed by atoms with Gasteiger partial charge in [-0.05, 0) is 120 Å². The third kappa shape index (κ3) is 2.41. The van der Waals surface area contributed by atoms with Crippen LogP contribution in [0.4, 0.5) is 0 Å². The van der Waals surface area contributed by atoms with E-state index in [2.05, 4.69) is 48.5 Å². The molecule has 1 heterocycles. The van der Waals surface area contributed by atoms with Gasteiger partial charge < -0.3 is 9.84 Å². The molecule has 0 aromatic heterocycles. The lowest BCUT2D eigenvalue weighted by atomic mass is 9.31. The minimum absolute atomic E-state index is 0.0586. The highest BCUT2D eigenvalue weighted by molar-refractivity contribution is 5.21. The molecule has 1 N–H and O–H groups in total. The van der Waals surface area contributed by atoms with Gasteiger partial charge in [0.2, 0.25) is 0 Å². The number of hydrogen-bond donors (Lipinski definition) is 1. The first-order valence-corrected chi connectivity index (χ1v) is 14.1. The van der Waals surface area contributed by atoms with E-state index in [0.717, 1.165) is 30.8 Å². The molecule has 6 aliphatic rings. The van der Waals surface area contributed by atoms with E-state index in [0.29, 0.717) is 39.1 Å². The molecular weight excluding hydrogens is 392 g/mol. The SMILES string of the molecule is CC1(C)CC[C@]23CC[C@]4(C)[C@H](CC[C@@H]5[C@@]6(C)CC[C@H](O)C(C)(C)[C@H]6CC[C@]54C)[C@H]2[C@H]1OC3. The van der Waals surface area contributed by atoms with E-state index < -0.39 is 0 Å². The van der Waals surface area contributed by atoms with Gasteiger partial charge in [-0.3, -0.25) is 0 Å². The molecule has 1 aliphatic heterocycles. The number of aliphatic hydroxyl groups is 1. The Balaban J connectivity index is 1.39. The quantitative estimate of drug-likeness (QED) is 0.428. The molecule has 0 amide bonds. The van der Waals surface area contributed by atoms with Crippen molar-refractivity contribution in [2.24, 2.45) is 56.2 Å². The van der Waals surface area contributed by atoms with Crippen molar-refractivity contribution in [2.45, 2.75) is 125 Å². The molecule has 2 heteroatoms. The van der Waals surface area contributed by atoms with Crippen LogP contribution in [0, 0.1) is 56.2 Å². The molecular formula is C30H50O2. The Morgan fingerprint density at radius 1 is 0.688 bits per heavy atom. The van der Waals surface area contributed by atoms with Gasteiger partial charge in [0.15, 0.2) is 0 Å². The molecule has 10 atom stereocenters. The van der Waals surface area contributed by atoms with Crippen LogP contribution in [0.3, 0.4) is 0 Å². The zero-order chi connectivity index (χ0) is 22.9. The zero-order valence-corrected chi connectivity index (χ0v) is 22.1. The van der Waals surface area contributed by atoms with Crippen LogP contribution in [-0.2, 0) is 4.74 Å². The Bertz CT molecular complexity index is 801. The number of rotatable bonds is 0. The minimum atomic E-state index is -0.122. The molecule has 5 saturated carbocycles. The highest BCUT2D eigenvalue weighted by Crippen LogP contribution is 2.78. The van der Waals surface area contributed by atoms with Crippen molar-refractivity contribution >= 4 is 0 Å². The van der Waals surface area contributed by atoms with Gasteiger partial charge in [0.25, 0.3) is 0 Å². The van der Waals surface area contributed by atoms with Gasteiger partial charge in [-0.15, -0.1) is 0 Å². The van der Waals surface area contributed by atoms with Crippen LogP contribution >= 0.6 is 0 Å². The Kier molecular flexibility index (Phi) is 4.46. The maximum atomic E-state index is 10.9. The second-order valence-corrected chi connectivity index (χ2v) is 15.7. The molecule has 1 saturated heterocycles. The lowest BCUT2D eigenvalue weighted by Gasteiger charge is -2.73. The first-order valence-electron chi connectivity index (χ1n) is 14.1. The molecule has 0 unspecified atom stereocenters. The fourth-order valence-electron chi connectivity index (χ4n) is 12.0. The normalized spacial score (nSPS) is 60.0. The predicted molar refractivity (Wildman–Crippen MR) is 130 cm³/mol. The van der Waals surface area contributed by atoms with Crippen LogP contribution in [0.15, 0.2) is 0 Å². The third-order valence-corrected chi connectivity index (χ3v) is 14.1. The molecule has 0 aromatic rings. The van der Waals surface area contributed by atoms with E-state index in [-0.39, 0.29) is 11.5 Å². The zero-order valence-electron chi connectivity index (χ0n) is 22.1. The van der Waals surface area contributed by atoms with Gasteiger partial charge in [0.05, 0.1) is 18.8 Å². The summed E-state index contributed by atoms with van der Waals surface area (Å²) in [5.41, 5.74) is 2.16. The van der Waals surface area contributed by atoms with Crippen LogP contribution in [-0.4, -0.2) is 23.9 Å². The summed E-state index contributed by atoms with van der Waals surface area (Å²) in [6.07, 6.45) is 13.7. The van der Waals surface area contributed by atoms with Gasteiger partial charge in [0.1, 0.15) is 0 Å². The van der Waals surface area contributed by atoms with Crippen molar-refractivity contribution in [1.82, 2.24) is 0 Å². The van der Waals surface area contributed by atoms with Crippen molar-refractivity contribution in [3.63, 3.8) is 0 Å². The van der Waals surface area contributed by atoms with Crippen molar-refractivity contribution in [3.05, 3.63) is 0 Å². The van der Waals surface area contributed by atoms with Crippen molar-refractivity contribution in [3.8, 4) is 0 Å². The molecule has 2 bridgehead atoms. The summed E-state index contributed by atoms with van der Waals surface area (Å²) in [4.78, 5) is 0. The van der Waals surface area contributed by atoms with Crippen LogP contribution in [0.1, 0.15) is 113 Å². The standard InChI is InChI=1S/C30H50O2/c1-25(2)14-16-30-17-15-28(6)19(23(30)24(25)32-18-30)8-9-21-27(5)12-11-22(31)26(3,4)20(27)10-13-29(21,28)7/h19-24,31H,8-18H2,1-7H3/t19-,20-,21-,22+,23+,24-,27+,28-,29-,30-/m1/s1. The lowest BCUT2D eigenvalue weighted by molar-refractivity contribution is -0.252. The molecule has 0 spiro atoms. The van der Waals surface area contributed by atoms with Gasteiger partial charge in [0, 0.05) is 0 Å². The van der Waals surface area contributed by atoms with Gasteiger partial charge in [-0.25, -0.2) is 0 Å². The summed E-state index contributed by atoms with van der Waals surface area (Å²) < 4.78 is 6.71. The highest BCUT2D eigenvalue weighted by atomic mass is 16.5. The van der Waals surface area contributed by atoms with E-state index in [1.807, 2.05) is 0 Å². The number of ether oxygens (including phenoxy) is 1. The van der Waals surface area contributed by atoms with E-state index in [4.69, 9.17) is 4.74 Å². The fourth-order valence-corrected chi connectivity index (χ4v) is 12.0. The van der Waals surface area contributed by atoms with Crippen LogP contribution in [0.2, 0.25) is 0 Å². The molecule has 182 valence electrons. The van der Waals surface area contributed by atoms with Crippen LogP contribution < -0.4 is 0 Å². The second-order valence-electron chi connectivity index (χ2n) is 15.7. The summed E-state index contributed by atoms with van der Waals surface area (Å²) in [7, 11) is 0. The van der Waals surface area contributed by atoms with E-state index >= 15 is 0 Å². The first-order chi connectivity index (χ1) is 14.8. The molecule has 6 fully saturated rings. The predicted octanol–water partition coefficient (Wildman–Crippen LogP) is 7.24. The van der Waals surface area contributed by atoms with E-state index in [1.54, 1.807) is 0 Å². The topological polar surface area (TPSA) is 29.5 Å². The fraction of sp³-hybridized carbons (Fsp3) is 1.00. The summed E-state index contributed by atoms with van der Waals surface area (Å²) in [5, 5.41) is 10.9. The molecule has 0 radical (unpaired) electrons. The maximum Gasteiger partial charge on any atom is 0.0663 e. The highest BCUT2D eigenvalue weighted by Gasteiger charge is 2.72. The average Bonchev–Trinajstić information content (AvgIpc) is 3.05. The largest absolute Gasteiger partial charge is 0.393 e.